The summed E-state index contributed by atoms with van der Waals surface area (Å²) in [4.78, 5) is 0. The molecular weight excluding hydrogens is 278 g/mol. The fraction of sp³-hybridized carbons (Fsp3) is 0.158. The summed E-state index contributed by atoms with van der Waals surface area (Å²) < 4.78 is 2.29. The Bertz CT molecular complexity index is 781. The van der Waals surface area contributed by atoms with Crippen molar-refractivity contribution in [1.82, 2.24) is 4.57 Å². The molecule has 106 valence electrons. The summed E-state index contributed by atoms with van der Waals surface area (Å²) in [5.41, 5.74) is 4.92. The Kier molecular flexibility index (Phi) is 3.85. The molecular formula is C19H18ClN. The minimum absolute atomic E-state index is 0.774. The highest BCUT2D eigenvalue weighted by molar-refractivity contribution is 6.30. The number of nitrogens with zero attached hydrogens (tertiary/aromatic N) is 1. The molecule has 0 saturated heterocycles. The lowest BCUT2D eigenvalue weighted by Gasteiger charge is -2.05. The number of fused-ring (bicyclic) bond motifs is 1. The first kappa shape index (κ1) is 14.0. The lowest BCUT2D eigenvalue weighted by molar-refractivity contribution is 0.835. The number of aromatic nitrogens is 1. The lowest BCUT2D eigenvalue weighted by atomic mass is 10.0. The van der Waals surface area contributed by atoms with Crippen LogP contribution < -0.4 is 0 Å². The third-order valence-electron chi connectivity index (χ3n) is 3.86. The van der Waals surface area contributed by atoms with Gasteiger partial charge in [0.15, 0.2) is 0 Å². The molecule has 0 amide bonds. The maximum atomic E-state index is 5.96. The smallest absolute Gasteiger partial charge is 0.0489 e. The van der Waals surface area contributed by atoms with Crippen LogP contribution in [0.2, 0.25) is 5.02 Å². The van der Waals surface area contributed by atoms with Gasteiger partial charge in [-0.15, -0.1) is 0 Å². The summed E-state index contributed by atoms with van der Waals surface area (Å²) in [5, 5.41) is 2.05. The van der Waals surface area contributed by atoms with Gasteiger partial charge in [-0.1, -0.05) is 55.4 Å². The van der Waals surface area contributed by atoms with Gasteiger partial charge in [0.1, 0.15) is 0 Å². The van der Waals surface area contributed by atoms with E-state index in [0.29, 0.717) is 0 Å². The first-order valence-electron chi connectivity index (χ1n) is 7.19. The number of hydrogen-bond acceptors (Lipinski definition) is 0. The third-order valence-corrected chi connectivity index (χ3v) is 4.11. The Morgan fingerprint density at radius 3 is 2.52 bits per heavy atom. The van der Waals surface area contributed by atoms with Gasteiger partial charge in [0.25, 0.3) is 0 Å². The number of allylic oxidation sites excluding steroid dienone is 1. The first-order chi connectivity index (χ1) is 10.2. The van der Waals surface area contributed by atoms with E-state index in [9.17, 15) is 0 Å². The van der Waals surface area contributed by atoms with Crippen LogP contribution in [0.1, 0.15) is 24.5 Å². The standard InChI is InChI=1S/C19H18ClN/c1-3-14(2)18-13-21(19-7-5-4-6-17(18)19)12-15-8-10-16(20)11-9-15/h4-11,13H,2-3,12H2,1H3. The number of hydrogen-bond donors (Lipinski definition) is 0. The van der Waals surface area contributed by atoms with Gasteiger partial charge in [0.05, 0.1) is 0 Å². The van der Waals surface area contributed by atoms with E-state index in [-0.39, 0.29) is 0 Å². The van der Waals surface area contributed by atoms with Gasteiger partial charge in [-0.3, -0.25) is 0 Å². The minimum atomic E-state index is 0.774. The van der Waals surface area contributed by atoms with Crippen molar-refractivity contribution in [1.29, 1.82) is 0 Å². The Balaban J connectivity index is 2.06. The predicted octanol–water partition coefficient (Wildman–Crippen LogP) is 5.77. The molecule has 1 aromatic heterocycles. The van der Waals surface area contributed by atoms with Crippen molar-refractivity contribution < 1.29 is 0 Å². The highest BCUT2D eigenvalue weighted by atomic mass is 35.5. The third kappa shape index (κ3) is 2.74. The summed E-state index contributed by atoms with van der Waals surface area (Å²) >= 11 is 5.96. The summed E-state index contributed by atoms with van der Waals surface area (Å²) in [6.45, 7) is 7.18. The van der Waals surface area contributed by atoms with Gasteiger partial charge >= 0.3 is 0 Å². The van der Waals surface area contributed by atoms with Gasteiger partial charge in [0.2, 0.25) is 0 Å². The largest absolute Gasteiger partial charge is 0.342 e. The molecule has 0 unspecified atom stereocenters. The van der Waals surface area contributed by atoms with E-state index in [1.54, 1.807) is 0 Å². The van der Waals surface area contributed by atoms with Crippen molar-refractivity contribution in [2.45, 2.75) is 19.9 Å². The van der Waals surface area contributed by atoms with Crippen LogP contribution in [-0.2, 0) is 6.54 Å². The topological polar surface area (TPSA) is 4.93 Å². The number of halogens is 1. The Labute approximate surface area is 130 Å². The fourth-order valence-electron chi connectivity index (χ4n) is 2.64. The van der Waals surface area contributed by atoms with Crippen LogP contribution in [0.25, 0.3) is 16.5 Å². The number of para-hydroxylation sites is 1. The van der Waals surface area contributed by atoms with E-state index >= 15 is 0 Å². The molecule has 0 saturated carbocycles. The summed E-state index contributed by atoms with van der Waals surface area (Å²) in [7, 11) is 0. The highest BCUT2D eigenvalue weighted by Crippen LogP contribution is 2.28. The molecule has 0 spiro atoms. The van der Waals surface area contributed by atoms with E-state index in [0.717, 1.165) is 18.0 Å². The highest BCUT2D eigenvalue weighted by Gasteiger charge is 2.09. The average molecular weight is 296 g/mol. The van der Waals surface area contributed by atoms with E-state index < -0.39 is 0 Å². The molecule has 2 heteroatoms. The van der Waals surface area contributed by atoms with Gasteiger partial charge in [0, 0.05) is 34.2 Å². The summed E-state index contributed by atoms with van der Waals surface area (Å²) in [6, 6.07) is 16.5. The molecule has 0 fully saturated rings. The normalized spacial score (nSPS) is 11.0. The molecule has 3 aromatic rings. The second-order valence-corrected chi connectivity index (χ2v) is 5.71. The van der Waals surface area contributed by atoms with E-state index in [2.05, 4.69) is 60.7 Å². The lowest BCUT2D eigenvalue weighted by Crippen LogP contribution is -1.97. The van der Waals surface area contributed by atoms with Crippen LogP contribution in [0.4, 0.5) is 0 Å². The zero-order valence-corrected chi connectivity index (χ0v) is 12.9. The molecule has 0 N–H and O–H groups in total. The molecule has 0 atom stereocenters. The number of benzene rings is 2. The van der Waals surface area contributed by atoms with Crippen molar-refractivity contribution in [2.24, 2.45) is 0 Å². The summed E-state index contributed by atoms with van der Waals surface area (Å²) in [5.74, 6) is 0. The predicted molar refractivity (Wildman–Crippen MR) is 91.8 cm³/mol. The zero-order chi connectivity index (χ0) is 14.8. The van der Waals surface area contributed by atoms with Crippen molar-refractivity contribution in [3.63, 3.8) is 0 Å². The van der Waals surface area contributed by atoms with Crippen LogP contribution in [0.5, 0.6) is 0 Å². The van der Waals surface area contributed by atoms with Crippen LogP contribution in [0, 0.1) is 0 Å². The molecule has 0 bridgehead atoms. The molecule has 0 aliphatic heterocycles. The molecule has 0 aliphatic carbocycles. The molecule has 1 nitrogen and oxygen atoms in total. The maximum absolute atomic E-state index is 5.96. The van der Waals surface area contributed by atoms with E-state index in [1.165, 1.54) is 27.6 Å². The Morgan fingerprint density at radius 1 is 1.10 bits per heavy atom. The van der Waals surface area contributed by atoms with Gasteiger partial charge < -0.3 is 4.57 Å². The van der Waals surface area contributed by atoms with Gasteiger partial charge in [-0.2, -0.15) is 0 Å². The van der Waals surface area contributed by atoms with Crippen LogP contribution in [0.15, 0.2) is 61.3 Å². The van der Waals surface area contributed by atoms with Crippen molar-refractivity contribution in [3.8, 4) is 0 Å². The van der Waals surface area contributed by atoms with Crippen molar-refractivity contribution in [2.75, 3.05) is 0 Å². The second-order valence-electron chi connectivity index (χ2n) is 5.27. The average Bonchev–Trinajstić information content (AvgIpc) is 2.88. The van der Waals surface area contributed by atoms with Crippen LogP contribution in [0.3, 0.4) is 0 Å². The van der Waals surface area contributed by atoms with Gasteiger partial charge in [-0.05, 0) is 35.8 Å². The van der Waals surface area contributed by atoms with Gasteiger partial charge in [-0.25, -0.2) is 0 Å². The molecule has 3 rings (SSSR count). The Morgan fingerprint density at radius 2 is 1.81 bits per heavy atom. The molecule has 1 heterocycles. The number of rotatable bonds is 4. The fourth-order valence-corrected chi connectivity index (χ4v) is 2.76. The van der Waals surface area contributed by atoms with Crippen LogP contribution >= 0.6 is 11.6 Å². The Hall–Kier alpha value is -1.99. The molecule has 21 heavy (non-hydrogen) atoms. The van der Waals surface area contributed by atoms with Crippen molar-refractivity contribution in [3.05, 3.63) is 77.5 Å². The SMILES string of the molecule is C=C(CC)c1cn(Cc2ccc(Cl)cc2)c2ccccc12. The van der Waals surface area contributed by atoms with Crippen molar-refractivity contribution >= 4 is 28.1 Å². The summed E-state index contributed by atoms with van der Waals surface area (Å²) in [6.07, 6.45) is 3.18. The van der Waals surface area contributed by atoms with E-state index in [4.69, 9.17) is 11.6 Å². The monoisotopic (exact) mass is 295 g/mol. The zero-order valence-electron chi connectivity index (χ0n) is 12.1. The second kappa shape index (κ2) is 5.79. The van der Waals surface area contributed by atoms with Crippen LogP contribution in [-0.4, -0.2) is 4.57 Å². The quantitative estimate of drug-likeness (QED) is 0.576. The molecule has 0 radical (unpaired) electrons. The maximum Gasteiger partial charge on any atom is 0.0489 e. The minimum Gasteiger partial charge on any atom is -0.342 e. The molecule has 2 aromatic carbocycles. The molecule has 0 aliphatic rings. The first-order valence-corrected chi connectivity index (χ1v) is 7.57. The van der Waals surface area contributed by atoms with E-state index in [1.807, 2.05) is 12.1 Å².